The first-order valence-electron chi connectivity index (χ1n) is 6.48. The van der Waals surface area contributed by atoms with Gasteiger partial charge in [0.05, 0.1) is 0 Å². The van der Waals surface area contributed by atoms with Gasteiger partial charge in [-0.3, -0.25) is 4.79 Å². The lowest BCUT2D eigenvalue weighted by atomic mass is 10.3. The normalized spacial score (nSPS) is 16.7. The van der Waals surface area contributed by atoms with Crippen LogP contribution in [0, 0.1) is 0 Å². The van der Waals surface area contributed by atoms with E-state index in [4.69, 9.17) is 5.73 Å². The average Bonchev–Trinajstić information content (AvgIpc) is 2.80. The highest BCUT2D eigenvalue weighted by atomic mass is 32.1. The van der Waals surface area contributed by atoms with Crippen LogP contribution in [0.2, 0.25) is 0 Å². The van der Waals surface area contributed by atoms with E-state index in [1.54, 1.807) is 0 Å². The van der Waals surface area contributed by atoms with Crippen molar-refractivity contribution in [3.63, 3.8) is 0 Å². The number of carbonyl (C=O) groups is 1. The topological polar surface area (TPSA) is 65.7 Å². The third-order valence-electron chi connectivity index (χ3n) is 3.43. The summed E-state index contributed by atoms with van der Waals surface area (Å²) < 4.78 is 0. The van der Waals surface area contributed by atoms with Crippen LogP contribution >= 0.6 is 11.3 Å². The van der Waals surface area contributed by atoms with Gasteiger partial charge in [-0.2, -0.15) is 0 Å². The monoisotopic (exact) mass is 283 g/mol. The molecule has 2 heterocycles. The van der Waals surface area contributed by atoms with Crippen LogP contribution in [0.3, 0.4) is 0 Å². The van der Waals surface area contributed by atoms with E-state index in [0.29, 0.717) is 10.7 Å². The Bertz CT molecular complexity index is 453. The molecule has 1 aromatic rings. The Morgan fingerprint density at radius 1 is 1.42 bits per heavy atom. The summed E-state index contributed by atoms with van der Waals surface area (Å²) in [5.41, 5.74) is 5.88. The summed E-state index contributed by atoms with van der Waals surface area (Å²) in [7, 11) is 4.01. The number of nitrogens with two attached hydrogens (primary N) is 1. The van der Waals surface area contributed by atoms with Crippen LogP contribution in [-0.2, 0) is 0 Å². The lowest BCUT2D eigenvalue weighted by Gasteiger charge is -2.32. The molecule has 2 rings (SSSR count). The van der Waals surface area contributed by atoms with Crippen molar-refractivity contribution in [2.75, 3.05) is 57.5 Å². The maximum absolute atomic E-state index is 12.4. The smallest absolute Gasteiger partial charge is 0.267 e. The van der Waals surface area contributed by atoms with Crippen LogP contribution in [0.15, 0.2) is 0 Å². The molecule has 2 N–H and O–H groups in total. The fourth-order valence-corrected chi connectivity index (χ4v) is 2.90. The van der Waals surface area contributed by atoms with E-state index in [1.807, 2.05) is 23.8 Å². The summed E-state index contributed by atoms with van der Waals surface area (Å²) in [6, 6.07) is 0. The molecule has 0 radical (unpaired) electrons. The van der Waals surface area contributed by atoms with Crippen molar-refractivity contribution in [1.82, 2.24) is 14.8 Å². The molecule has 1 aliphatic heterocycles. The molecule has 0 aromatic carbocycles. The molecular formula is C12H21N5OS. The van der Waals surface area contributed by atoms with Crippen molar-refractivity contribution in [2.24, 2.45) is 0 Å². The standard InChI is InChI=1S/C12H21N5OS/c1-4-16(3)12-14-10(13)9(19-12)11(18)17-7-5-15(2)6-8-17/h4-8,13H2,1-3H3. The van der Waals surface area contributed by atoms with Crippen molar-refractivity contribution in [3.05, 3.63) is 4.88 Å². The number of likely N-dealkylation sites (N-methyl/N-ethyl adjacent to an activating group) is 1. The number of amides is 1. The molecule has 0 atom stereocenters. The largest absolute Gasteiger partial charge is 0.382 e. The number of hydrogen-bond acceptors (Lipinski definition) is 6. The highest BCUT2D eigenvalue weighted by Gasteiger charge is 2.25. The molecule has 0 bridgehead atoms. The Kier molecular flexibility index (Phi) is 4.26. The quantitative estimate of drug-likeness (QED) is 0.878. The fourth-order valence-electron chi connectivity index (χ4n) is 1.93. The van der Waals surface area contributed by atoms with E-state index < -0.39 is 0 Å². The van der Waals surface area contributed by atoms with E-state index in [9.17, 15) is 4.79 Å². The number of piperazine rings is 1. The maximum atomic E-state index is 12.4. The van der Waals surface area contributed by atoms with Crippen molar-refractivity contribution < 1.29 is 4.79 Å². The molecule has 0 spiro atoms. The van der Waals surface area contributed by atoms with Gasteiger partial charge in [0.25, 0.3) is 5.91 Å². The summed E-state index contributed by atoms with van der Waals surface area (Å²) in [5, 5.41) is 0.803. The molecule has 6 nitrogen and oxygen atoms in total. The molecule has 1 amide bonds. The third kappa shape index (κ3) is 2.98. The summed E-state index contributed by atoms with van der Waals surface area (Å²) in [6.45, 7) is 6.21. The zero-order valence-electron chi connectivity index (χ0n) is 11.7. The van der Waals surface area contributed by atoms with Gasteiger partial charge in [0.15, 0.2) is 5.13 Å². The second-order valence-electron chi connectivity index (χ2n) is 4.82. The molecule has 1 aromatic heterocycles. The molecule has 1 saturated heterocycles. The van der Waals surface area contributed by atoms with Crippen LogP contribution in [0.1, 0.15) is 16.6 Å². The number of thiazole rings is 1. The maximum Gasteiger partial charge on any atom is 0.267 e. The SMILES string of the molecule is CCN(C)c1nc(N)c(C(=O)N2CCN(C)CC2)s1. The van der Waals surface area contributed by atoms with Crippen molar-refractivity contribution >= 4 is 28.2 Å². The Hall–Kier alpha value is -1.34. The van der Waals surface area contributed by atoms with Crippen molar-refractivity contribution in [2.45, 2.75) is 6.92 Å². The highest BCUT2D eigenvalue weighted by molar-refractivity contribution is 7.18. The zero-order chi connectivity index (χ0) is 14.0. The number of aromatic nitrogens is 1. The van der Waals surface area contributed by atoms with Gasteiger partial charge in [-0.05, 0) is 14.0 Å². The number of nitrogen functional groups attached to an aromatic ring is 1. The Morgan fingerprint density at radius 2 is 2.05 bits per heavy atom. The first-order valence-corrected chi connectivity index (χ1v) is 7.29. The van der Waals surface area contributed by atoms with Gasteiger partial charge in [-0.15, -0.1) is 0 Å². The third-order valence-corrected chi connectivity index (χ3v) is 4.60. The molecule has 1 fully saturated rings. The van der Waals surface area contributed by atoms with Gasteiger partial charge in [-0.25, -0.2) is 4.98 Å². The Balaban J connectivity index is 2.13. The lowest BCUT2D eigenvalue weighted by molar-refractivity contribution is 0.0670. The minimum atomic E-state index is 0.0128. The van der Waals surface area contributed by atoms with Gasteiger partial charge in [0.2, 0.25) is 0 Å². The van der Waals surface area contributed by atoms with Gasteiger partial charge in [0, 0.05) is 39.8 Å². The average molecular weight is 283 g/mol. The predicted molar refractivity (Wildman–Crippen MR) is 78.9 cm³/mol. The zero-order valence-corrected chi connectivity index (χ0v) is 12.5. The fraction of sp³-hybridized carbons (Fsp3) is 0.667. The van der Waals surface area contributed by atoms with E-state index in [0.717, 1.165) is 37.9 Å². The van der Waals surface area contributed by atoms with Crippen LogP contribution < -0.4 is 10.6 Å². The van der Waals surface area contributed by atoms with Gasteiger partial charge in [-0.1, -0.05) is 11.3 Å². The summed E-state index contributed by atoms with van der Waals surface area (Å²) in [4.78, 5) is 23.3. The molecule has 7 heteroatoms. The van der Waals surface area contributed by atoms with Crippen LogP contribution in [0.5, 0.6) is 0 Å². The van der Waals surface area contributed by atoms with Gasteiger partial charge in [0.1, 0.15) is 10.7 Å². The number of anilines is 2. The molecule has 19 heavy (non-hydrogen) atoms. The summed E-state index contributed by atoms with van der Waals surface area (Å²) >= 11 is 1.38. The van der Waals surface area contributed by atoms with Crippen molar-refractivity contribution in [3.8, 4) is 0 Å². The van der Waals surface area contributed by atoms with Gasteiger partial charge < -0.3 is 20.4 Å². The molecule has 0 aliphatic carbocycles. The first-order chi connectivity index (χ1) is 9.02. The number of carbonyl (C=O) groups excluding carboxylic acids is 1. The van der Waals surface area contributed by atoms with Crippen LogP contribution in [0.25, 0.3) is 0 Å². The van der Waals surface area contributed by atoms with E-state index in [1.165, 1.54) is 11.3 Å². The van der Waals surface area contributed by atoms with E-state index in [2.05, 4.69) is 16.9 Å². The van der Waals surface area contributed by atoms with E-state index in [-0.39, 0.29) is 5.91 Å². The first kappa shape index (κ1) is 14.1. The summed E-state index contributed by atoms with van der Waals surface area (Å²) in [6.07, 6.45) is 0. The van der Waals surface area contributed by atoms with Crippen LogP contribution in [0.4, 0.5) is 10.9 Å². The molecule has 0 saturated carbocycles. The minimum absolute atomic E-state index is 0.0128. The molecule has 0 unspecified atom stereocenters. The Morgan fingerprint density at radius 3 is 2.63 bits per heavy atom. The second-order valence-corrected chi connectivity index (χ2v) is 5.80. The minimum Gasteiger partial charge on any atom is -0.382 e. The summed E-state index contributed by atoms with van der Waals surface area (Å²) in [5.74, 6) is 0.364. The molecule has 1 aliphatic rings. The highest BCUT2D eigenvalue weighted by Crippen LogP contribution is 2.28. The Labute approximate surface area is 117 Å². The van der Waals surface area contributed by atoms with Crippen LogP contribution in [-0.4, -0.2) is 67.5 Å². The van der Waals surface area contributed by atoms with Crippen molar-refractivity contribution in [1.29, 1.82) is 0 Å². The molecular weight excluding hydrogens is 262 g/mol. The molecule has 106 valence electrons. The second kappa shape index (κ2) is 5.75. The number of rotatable bonds is 3. The predicted octanol–water partition coefficient (Wildman–Crippen LogP) is 0.569. The van der Waals surface area contributed by atoms with E-state index >= 15 is 0 Å². The lowest BCUT2D eigenvalue weighted by Crippen LogP contribution is -2.47. The number of hydrogen-bond donors (Lipinski definition) is 1. The van der Waals surface area contributed by atoms with Gasteiger partial charge >= 0.3 is 0 Å². The number of nitrogens with zero attached hydrogens (tertiary/aromatic N) is 4.